The fraction of sp³-hybridized carbons (Fsp3) is 0.745. The number of benzene rings is 2. The topological polar surface area (TPSA) is 81.7 Å². The van der Waals surface area contributed by atoms with Crippen molar-refractivity contribution < 1.29 is 36.4 Å². The molecule has 0 unspecified atom stereocenters. The highest BCUT2D eigenvalue weighted by Crippen LogP contribution is 2.53. The Morgan fingerprint density at radius 2 is 0.938 bits per heavy atom. The van der Waals surface area contributed by atoms with Crippen LogP contribution in [0.4, 0.5) is 0 Å². The van der Waals surface area contributed by atoms with E-state index in [1.54, 1.807) is 0 Å². The minimum atomic E-state index is -2.46. The van der Waals surface area contributed by atoms with Gasteiger partial charge < -0.3 is 31.6 Å². The second-order valence-corrected chi connectivity index (χ2v) is 49.9. The van der Waals surface area contributed by atoms with Crippen LogP contribution in [0.15, 0.2) is 24.3 Å². The van der Waals surface area contributed by atoms with E-state index in [2.05, 4.69) is 194 Å². The molecule has 0 aliphatic carbocycles. The van der Waals surface area contributed by atoms with E-state index in [4.69, 9.17) is 31.6 Å². The van der Waals surface area contributed by atoms with Crippen molar-refractivity contribution in [3.8, 4) is 34.5 Å². The molecule has 8 nitrogen and oxygen atoms in total. The molecular weight excluding hydrogens is 881 g/mol. The van der Waals surface area contributed by atoms with E-state index < -0.39 is 53.8 Å². The van der Waals surface area contributed by atoms with E-state index in [-0.39, 0.29) is 31.2 Å². The van der Waals surface area contributed by atoms with Gasteiger partial charge in [-0.2, -0.15) is 0 Å². The highest BCUT2D eigenvalue weighted by Gasteiger charge is 2.48. The molecule has 64 heavy (non-hydrogen) atoms. The van der Waals surface area contributed by atoms with Crippen LogP contribution in [0.1, 0.15) is 154 Å². The molecule has 3 rings (SSSR count). The van der Waals surface area contributed by atoms with Crippen LogP contribution in [0.25, 0.3) is 0 Å². The second kappa shape index (κ2) is 19.1. The van der Waals surface area contributed by atoms with Crippen molar-refractivity contribution in [2.75, 3.05) is 0 Å². The van der Waals surface area contributed by atoms with Gasteiger partial charge in [-0.05, 0) is 109 Å². The maximum atomic E-state index is 13.9. The van der Waals surface area contributed by atoms with Gasteiger partial charge in [0.2, 0.25) is 16.6 Å². The van der Waals surface area contributed by atoms with Crippen molar-refractivity contribution in [1.82, 2.24) is 0 Å². The predicted octanol–water partition coefficient (Wildman–Crippen LogP) is 16.8. The molecule has 0 N–H and O–H groups in total. The Kier molecular flexibility index (Phi) is 16.7. The van der Waals surface area contributed by atoms with Gasteiger partial charge in [-0.15, -0.1) is 0 Å². The van der Waals surface area contributed by atoms with E-state index in [1.807, 2.05) is 6.07 Å². The third kappa shape index (κ3) is 13.3. The first-order chi connectivity index (χ1) is 28.5. The van der Waals surface area contributed by atoms with Crippen LogP contribution >= 0.6 is 0 Å². The zero-order chi connectivity index (χ0) is 49.7. The van der Waals surface area contributed by atoms with E-state index >= 15 is 0 Å². The lowest BCUT2D eigenvalue weighted by Crippen LogP contribution is -2.47. The highest BCUT2D eigenvalue weighted by atomic mass is 28.4. The lowest BCUT2D eigenvalue weighted by Gasteiger charge is -2.42. The van der Waals surface area contributed by atoms with E-state index in [0.717, 1.165) is 41.9 Å². The van der Waals surface area contributed by atoms with Crippen molar-refractivity contribution in [2.45, 2.75) is 246 Å². The average molecular weight is 976 g/mol. The Hall–Kier alpha value is -2.21. The van der Waals surface area contributed by atoms with Crippen LogP contribution in [0.2, 0.25) is 90.7 Å². The van der Waals surface area contributed by atoms with Crippen LogP contribution in [-0.4, -0.2) is 53.7 Å². The highest BCUT2D eigenvalue weighted by molar-refractivity contribution is 6.77. The molecule has 2 atom stereocenters. The number of carbonyl (C=O) groups excluding carboxylic acids is 1. The Bertz CT molecular complexity index is 1890. The van der Waals surface area contributed by atoms with Crippen LogP contribution < -0.4 is 26.9 Å². The fourth-order valence-electron chi connectivity index (χ4n) is 5.86. The van der Waals surface area contributed by atoms with E-state index in [1.165, 1.54) is 0 Å². The molecule has 0 bridgehead atoms. The molecule has 1 heterocycles. The standard InChI is InChI=1S/C51H94O8Si5/c1-27-28-29-30-44(52)53-41-35-38-39(33-37(55-60(17,18)47(2,3)4)34-40(38)56-61(19,20)48(5,6)7)54-45(41)36-31-42(57-62(21,22)49(8,9)10)46(59-64(25,26)51(14,15)16)43(32-36)58-63(23,24)50(11,12)13/h31-34,41,45H,27-30,35H2,1-26H3/t41-,45-/m1/s1. The van der Waals surface area contributed by atoms with Gasteiger partial charge in [0.15, 0.2) is 11.9 Å². The normalized spacial score (nSPS) is 17.3. The van der Waals surface area contributed by atoms with Crippen LogP contribution in [0.5, 0.6) is 34.5 Å². The predicted molar refractivity (Wildman–Crippen MR) is 283 cm³/mol. The maximum absolute atomic E-state index is 13.9. The third-order valence-electron chi connectivity index (χ3n) is 15.6. The molecule has 0 radical (unpaired) electrons. The van der Waals surface area contributed by atoms with Gasteiger partial charge in [0.05, 0.1) is 0 Å². The van der Waals surface area contributed by atoms with Gasteiger partial charge in [-0.3, -0.25) is 4.79 Å². The summed E-state index contributed by atoms with van der Waals surface area (Å²) in [6, 6.07) is 8.29. The van der Waals surface area contributed by atoms with Gasteiger partial charge in [-0.25, -0.2) is 0 Å². The molecule has 2 aromatic carbocycles. The number of ether oxygens (including phenoxy) is 2. The quantitative estimate of drug-likeness (QED) is 0.0935. The number of rotatable bonds is 16. The monoisotopic (exact) mass is 975 g/mol. The summed E-state index contributed by atoms with van der Waals surface area (Å²) >= 11 is 0. The van der Waals surface area contributed by atoms with Gasteiger partial charge >= 0.3 is 5.97 Å². The first-order valence-corrected chi connectivity index (χ1v) is 38.7. The van der Waals surface area contributed by atoms with Gasteiger partial charge in [-0.1, -0.05) is 124 Å². The zero-order valence-electron chi connectivity index (χ0n) is 45.8. The molecule has 0 saturated carbocycles. The number of carbonyl (C=O) groups is 1. The Morgan fingerprint density at radius 1 is 0.547 bits per heavy atom. The smallest absolute Gasteiger partial charge is 0.306 e. The van der Waals surface area contributed by atoms with E-state index in [0.29, 0.717) is 35.8 Å². The second-order valence-electron chi connectivity index (χ2n) is 26.3. The number of unbranched alkanes of at least 4 members (excludes halogenated alkanes) is 2. The first-order valence-electron chi connectivity index (χ1n) is 24.1. The fourth-order valence-corrected chi connectivity index (χ4v) is 10.9. The molecular formula is C51H94O8Si5. The van der Waals surface area contributed by atoms with Crippen molar-refractivity contribution >= 4 is 47.6 Å². The summed E-state index contributed by atoms with van der Waals surface area (Å²) in [6.07, 6.45) is 2.13. The third-order valence-corrected chi connectivity index (χ3v) is 37.3. The number of hydrogen-bond donors (Lipinski definition) is 0. The summed E-state index contributed by atoms with van der Waals surface area (Å²) < 4.78 is 50.2. The van der Waals surface area contributed by atoms with E-state index in [9.17, 15) is 4.79 Å². The maximum Gasteiger partial charge on any atom is 0.306 e. The zero-order valence-corrected chi connectivity index (χ0v) is 50.8. The number of hydrogen-bond acceptors (Lipinski definition) is 8. The number of fused-ring (bicyclic) bond motifs is 1. The molecule has 0 saturated heterocycles. The summed E-state index contributed by atoms with van der Waals surface area (Å²) in [6.45, 7) is 58.7. The molecule has 2 aromatic rings. The SMILES string of the molecule is CCCCCC(=O)O[C@@H]1Cc2c(cc(O[Si](C)(C)C(C)(C)C)cc2O[Si](C)(C)C(C)(C)C)O[C@@H]1c1cc(O[Si](C)(C)C(C)(C)C)c(O[Si](C)(C)C(C)(C)C)c(O[Si](C)(C)C(C)(C)C)c1. The summed E-state index contributed by atoms with van der Waals surface area (Å²) in [5.74, 6) is 3.88. The van der Waals surface area contributed by atoms with Gasteiger partial charge in [0.25, 0.3) is 25.0 Å². The molecule has 13 heteroatoms. The largest absolute Gasteiger partial charge is 0.543 e. The summed E-state index contributed by atoms with van der Waals surface area (Å²) in [5, 5.41) is -0.380. The van der Waals surface area contributed by atoms with Gasteiger partial charge in [0, 0.05) is 36.1 Å². The van der Waals surface area contributed by atoms with Crippen molar-refractivity contribution in [2.24, 2.45) is 0 Å². The minimum absolute atomic E-state index is 0.0286. The summed E-state index contributed by atoms with van der Waals surface area (Å²) in [7, 11) is -12.0. The molecule has 366 valence electrons. The molecule has 1 aliphatic heterocycles. The molecule has 0 spiro atoms. The van der Waals surface area contributed by atoms with Crippen LogP contribution in [-0.2, 0) is 16.0 Å². The lowest BCUT2D eigenvalue weighted by atomic mass is 9.93. The lowest BCUT2D eigenvalue weighted by molar-refractivity contribution is -0.155. The summed E-state index contributed by atoms with van der Waals surface area (Å²) in [5.41, 5.74) is 1.70. The minimum Gasteiger partial charge on any atom is -0.543 e. The molecule has 1 aliphatic rings. The molecule has 0 aromatic heterocycles. The first kappa shape index (κ1) is 56.1. The van der Waals surface area contributed by atoms with Crippen molar-refractivity contribution in [3.05, 3.63) is 35.4 Å². The van der Waals surface area contributed by atoms with Crippen molar-refractivity contribution in [1.29, 1.82) is 0 Å². The van der Waals surface area contributed by atoms with Crippen LogP contribution in [0.3, 0.4) is 0 Å². The molecule has 0 fully saturated rings. The molecule has 0 amide bonds. The van der Waals surface area contributed by atoms with Gasteiger partial charge in [0.1, 0.15) is 34.9 Å². The van der Waals surface area contributed by atoms with Crippen LogP contribution in [0, 0.1) is 0 Å². The Morgan fingerprint density at radius 3 is 1.34 bits per heavy atom. The summed E-state index contributed by atoms with van der Waals surface area (Å²) in [4.78, 5) is 13.9. The Labute approximate surface area is 397 Å². The number of esters is 1. The van der Waals surface area contributed by atoms with Crippen molar-refractivity contribution in [3.63, 3.8) is 0 Å². The average Bonchev–Trinajstić information content (AvgIpc) is 3.06. The Balaban J connectivity index is 2.53.